The van der Waals surface area contributed by atoms with Gasteiger partial charge in [0.1, 0.15) is 12.1 Å². The maximum Gasteiger partial charge on any atom is 0.278 e. The first-order valence-electron chi connectivity index (χ1n) is 13.0. The number of benzene rings is 1. The number of rotatable bonds is 7. The molecule has 1 aliphatic heterocycles. The maximum absolute atomic E-state index is 13.9. The van der Waals surface area contributed by atoms with Crippen molar-refractivity contribution >= 4 is 23.6 Å². The van der Waals surface area contributed by atoms with E-state index in [1.165, 1.54) is 17.4 Å². The van der Waals surface area contributed by atoms with Crippen LogP contribution in [0.25, 0.3) is 0 Å². The SMILES string of the molecule is CCC([NH3+])C(=O)NC(C(=O)N1CC(NC(C)=O)CC1C(=O)NC1CCCc2ccccc21)C(C)(C)C. The number of aryl methyl sites for hydroxylation is 1. The molecule has 9 heteroatoms. The minimum Gasteiger partial charge on any atom is -0.352 e. The molecule has 1 aliphatic carbocycles. The molecule has 6 N–H and O–H groups in total. The molecule has 0 bridgehead atoms. The highest BCUT2D eigenvalue weighted by Gasteiger charge is 2.45. The van der Waals surface area contributed by atoms with Gasteiger partial charge in [-0.1, -0.05) is 52.0 Å². The van der Waals surface area contributed by atoms with Gasteiger partial charge in [-0.15, -0.1) is 0 Å². The second-order valence-electron chi connectivity index (χ2n) is 11.2. The van der Waals surface area contributed by atoms with Crippen LogP contribution in [-0.4, -0.2) is 59.2 Å². The van der Waals surface area contributed by atoms with E-state index in [9.17, 15) is 19.2 Å². The highest BCUT2D eigenvalue weighted by atomic mass is 16.2. The number of carbonyl (C=O) groups excluding carboxylic acids is 4. The molecule has 1 aromatic rings. The second kappa shape index (κ2) is 11.4. The topological polar surface area (TPSA) is 135 Å². The third-order valence-corrected chi connectivity index (χ3v) is 7.24. The summed E-state index contributed by atoms with van der Waals surface area (Å²) in [6.45, 7) is 9.16. The van der Waals surface area contributed by atoms with Crippen LogP contribution < -0.4 is 21.7 Å². The Morgan fingerprint density at radius 3 is 2.47 bits per heavy atom. The Labute approximate surface area is 213 Å². The summed E-state index contributed by atoms with van der Waals surface area (Å²) in [5.41, 5.74) is 5.64. The summed E-state index contributed by atoms with van der Waals surface area (Å²) in [7, 11) is 0. The quantitative estimate of drug-likeness (QED) is 0.441. The van der Waals surface area contributed by atoms with Crippen LogP contribution in [0.3, 0.4) is 0 Å². The van der Waals surface area contributed by atoms with Gasteiger partial charge in [0.25, 0.3) is 5.91 Å². The molecule has 1 fully saturated rings. The summed E-state index contributed by atoms with van der Waals surface area (Å²) in [5.74, 6) is -1.06. The summed E-state index contributed by atoms with van der Waals surface area (Å²) >= 11 is 0. The van der Waals surface area contributed by atoms with Crippen molar-refractivity contribution in [2.45, 2.75) is 96.9 Å². The van der Waals surface area contributed by atoms with Crippen LogP contribution in [0.4, 0.5) is 0 Å². The largest absolute Gasteiger partial charge is 0.352 e. The van der Waals surface area contributed by atoms with Gasteiger partial charge in [-0.05, 0) is 42.2 Å². The second-order valence-corrected chi connectivity index (χ2v) is 11.2. The molecule has 3 rings (SSSR count). The van der Waals surface area contributed by atoms with Crippen molar-refractivity contribution in [3.8, 4) is 0 Å². The van der Waals surface area contributed by atoms with Crippen LogP contribution in [0, 0.1) is 5.41 Å². The number of likely N-dealkylation sites (tertiary alicyclic amines) is 1. The van der Waals surface area contributed by atoms with E-state index in [1.807, 2.05) is 45.9 Å². The molecule has 4 amide bonds. The monoisotopic (exact) mass is 500 g/mol. The minimum atomic E-state index is -0.831. The zero-order valence-electron chi connectivity index (χ0n) is 22.2. The molecule has 0 saturated carbocycles. The molecule has 198 valence electrons. The van der Waals surface area contributed by atoms with E-state index in [-0.39, 0.29) is 42.3 Å². The van der Waals surface area contributed by atoms with Crippen molar-refractivity contribution in [2.75, 3.05) is 6.54 Å². The lowest BCUT2D eigenvalue weighted by Crippen LogP contribution is -2.69. The molecule has 1 heterocycles. The van der Waals surface area contributed by atoms with E-state index in [1.54, 1.807) is 0 Å². The predicted octanol–water partition coefficient (Wildman–Crippen LogP) is 0.837. The fourth-order valence-corrected chi connectivity index (χ4v) is 5.15. The van der Waals surface area contributed by atoms with Crippen LogP contribution in [0.15, 0.2) is 24.3 Å². The first kappa shape index (κ1) is 27.6. The number of fused-ring (bicyclic) bond motifs is 1. The average molecular weight is 501 g/mol. The smallest absolute Gasteiger partial charge is 0.278 e. The Morgan fingerprint density at radius 2 is 1.83 bits per heavy atom. The lowest BCUT2D eigenvalue weighted by molar-refractivity contribution is -0.404. The van der Waals surface area contributed by atoms with Crippen LogP contribution in [-0.2, 0) is 25.6 Å². The molecule has 0 aromatic heterocycles. The lowest BCUT2D eigenvalue weighted by Gasteiger charge is -2.36. The third kappa shape index (κ3) is 6.43. The van der Waals surface area contributed by atoms with Crippen molar-refractivity contribution < 1.29 is 24.9 Å². The Morgan fingerprint density at radius 1 is 1.14 bits per heavy atom. The Kier molecular flexibility index (Phi) is 8.76. The molecular formula is C27H42N5O4+. The number of amides is 4. The molecule has 1 aromatic carbocycles. The van der Waals surface area contributed by atoms with Crippen molar-refractivity contribution in [2.24, 2.45) is 5.41 Å². The Bertz CT molecular complexity index is 989. The van der Waals surface area contributed by atoms with Gasteiger partial charge in [0.05, 0.1) is 6.04 Å². The van der Waals surface area contributed by atoms with Gasteiger partial charge in [-0.2, -0.15) is 0 Å². The lowest BCUT2D eigenvalue weighted by atomic mass is 9.85. The fourth-order valence-electron chi connectivity index (χ4n) is 5.15. The number of quaternary nitrogens is 1. The van der Waals surface area contributed by atoms with Gasteiger partial charge in [0, 0.05) is 25.9 Å². The number of nitrogens with zero attached hydrogens (tertiary/aromatic N) is 1. The van der Waals surface area contributed by atoms with Crippen LogP contribution in [0.5, 0.6) is 0 Å². The number of nitrogens with one attached hydrogen (secondary N) is 3. The normalized spacial score (nSPS) is 23.3. The molecule has 9 nitrogen and oxygen atoms in total. The van der Waals surface area contributed by atoms with E-state index in [0.717, 1.165) is 24.8 Å². The predicted molar refractivity (Wildman–Crippen MR) is 136 cm³/mol. The molecular weight excluding hydrogens is 458 g/mol. The average Bonchev–Trinajstić information content (AvgIpc) is 3.24. The van der Waals surface area contributed by atoms with Gasteiger partial charge < -0.3 is 26.6 Å². The summed E-state index contributed by atoms with van der Waals surface area (Å²) in [5, 5.41) is 8.93. The highest BCUT2D eigenvalue weighted by molar-refractivity contribution is 5.94. The van der Waals surface area contributed by atoms with E-state index in [2.05, 4.69) is 27.8 Å². The van der Waals surface area contributed by atoms with Crippen LogP contribution >= 0.6 is 0 Å². The Balaban J connectivity index is 1.85. The molecule has 0 spiro atoms. The number of hydrogen-bond donors (Lipinski definition) is 4. The van der Waals surface area contributed by atoms with Gasteiger partial charge in [0.15, 0.2) is 6.04 Å². The molecule has 1 saturated heterocycles. The first-order chi connectivity index (χ1) is 16.9. The summed E-state index contributed by atoms with van der Waals surface area (Å²) in [6, 6.07) is 5.62. The third-order valence-electron chi connectivity index (χ3n) is 7.24. The van der Waals surface area contributed by atoms with Gasteiger partial charge >= 0.3 is 0 Å². The van der Waals surface area contributed by atoms with E-state index in [0.29, 0.717) is 12.8 Å². The van der Waals surface area contributed by atoms with Crippen molar-refractivity contribution in [3.05, 3.63) is 35.4 Å². The summed E-state index contributed by atoms with van der Waals surface area (Å²) in [4.78, 5) is 53.5. The Hall–Kier alpha value is -2.94. The van der Waals surface area contributed by atoms with Gasteiger partial charge in [0.2, 0.25) is 17.7 Å². The number of carbonyl (C=O) groups is 4. The number of hydrogen-bond acceptors (Lipinski definition) is 4. The standard InChI is InChI=1S/C27H41N5O4/c1-6-20(28)24(34)31-23(27(3,4)5)26(36)32-15-18(29-16(2)33)14-22(32)25(35)30-21-13-9-11-17-10-7-8-12-19(17)21/h7-8,10,12,18,20-23H,6,9,11,13-15,28H2,1-5H3,(H,29,33)(H,30,35)(H,31,34)/p+1. The van der Waals surface area contributed by atoms with Crippen molar-refractivity contribution in [3.63, 3.8) is 0 Å². The van der Waals surface area contributed by atoms with E-state index >= 15 is 0 Å². The van der Waals surface area contributed by atoms with Crippen LogP contribution in [0.1, 0.15) is 77.5 Å². The molecule has 2 aliphatic rings. The van der Waals surface area contributed by atoms with Crippen molar-refractivity contribution in [1.82, 2.24) is 20.9 Å². The summed E-state index contributed by atoms with van der Waals surface area (Å²) < 4.78 is 0. The zero-order chi connectivity index (χ0) is 26.6. The highest BCUT2D eigenvalue weighted by Crippen LogP contribution is 2.31. The van der Waals surface area contributed by atoms with E-state index in [4.69, 9.17) is 0 Å². The summed E-state index contributed by atoms with van der Waals surface area (Å²) in [6.07, 6.45) is 3.67. The van der Waals surface area contributed by atoms with Crippen LogP contribution in [0.2, 0.25) is 0 Å². The minimum absolute atomic E-state index is 0.117. The van der Waals surface area contributed by atoms with Gasteiger partial charge in [-0.3, -0.25) is 19.2 Å². The van der Waals surface area contributed by atoms with Crippen molar-refractivity contribution in [1.29, 1.82) is 0 Å². The van der Waals surface area contributed by atoms with Gasteiger partial charge in [-0.25, -0.2) is 0 Å². The molecule has 5 unspecified atom stereocenters. The molecule has 0 radical (unpaired) electrons. The van der Waals surface area contributed by atoms with E-state index < -0.39 is 23.5 Å². The molecule has 36 heavy (non-hydrogen) atoms. The maximum atomic E-state index is 13.9. The first-order valence-corrected chi connectivity index (χ1v) is 13.0. The fraction of sp³-hybridized carbons (Fsp3) is 0.630. The zero-order valence-corrected chi connectivity index (χ0v) is 22.2. The molecule has 5 atom stereocenters.